The fraction of sp³-hybridized carbons (Fsp3) is 0.300. The van der Waals surface area contributed by atoms with Gasteiger partial charge in [-0.15, -0.1) is 0 Å². The Morgan fingerprint density at radius 2 is 2.33 bits per heavy atom. The minimum Gasteiger partial charge on any atom is -0.362 e. The molecule has 2 heteroatoms. The summed E-state index contributed by atoms with van der Waals surface area (Å²) >= 11 is 0. The number of likely N-dealkylation sites (N-methyl/N-ethyl adjacent to an activating group) is 1. The smallest absolute Gasteiger partial charge is 0.0912 e. The molecular weight excluding hydrogens is 148 g/mol. The Kier molecular flexibility index (Phi) is 3.33. The highest BCUT2D eigenvalue weighted by atomic mass is 15.1. The van der Waals surface area contributed by atoms with Gasteiger partial charge in [0, 0.05) is 13.6 Å². The third-order valence-electron chi connectivity index (χ3n) is 1.61. The van der Waals surface area contributed by atoms with Crippen LogP contribution in [0.4, 0.5) is 0 Å². The van der Waals surface area contributed by atoms with Gasteiger partial charge >= 0.3 is 0 Å². The van der Waals surface area contributed by atoms with E-state index < -0.39 is 0 Å². The average Bonchev–Trinajstić information content (AvgIpc) is 2.17. The number of hydrogen-bond donors (Lipinski definition) is 0. The largest absolute Gasteiger partial charge is 0.362 e. The summed E-state index contributed by atoms with van der Waals surface area (Å²) in [5, 5.41) is 0. The molecule has 0 aromatic carbocycles. The van der Waals surface area contributed by atoms with E-state index in [1.807, 2.05) is 49.5 Å². The van der Waals surface area contributed by atoms with Crippen LogP contribution in [0.25, 0.3) is 0 Å². The quantitative estimate of drug-likeness (QED) is 0.531. The molecule has 1 rings (SSSR count). The molecule has 12 heavy (non-hydrogen) atoms. The lowest BCUT2D eigenvalue weighted by molar-refractivity contribution is 0.581. The lowest BCUT2D eigenvalue weighted by Crippen LogP contribution is -2.15. The van der Waals surface area contributed by atoms with Gasteiger partial charge in [-0.3, -0.25) is 0 Å². The van der Waals surface area contributed by atoms with E-state index >= 15 is 0 Å². The molecule has 0 saturated carbocycles. The Labute approximate surface area is 73.6 Å². The molecule has 1 heterocycles. The van der Waals surface area contributed by atoms with Gasteiger partial charge in [0.1, 0.15) is 0 Å². The monoisotopic (exact) mass is 162 g/mol. The van der Waals surface area contributed by atoms with Crippen molar-refractivity contribution in [3.8, 4) is 0 Å². The van der Waals surface area contributed by atoms with Gasteiger partial charge < -0.3 is 4.90 Å². The molecule has 0 saturated heterocycles. The maximum absolute atomic E-state index is 4.28. The zero-order valence-electron chi connectivity index (χ0n) is 7.57. The molecule has 0 aliphatic carbocycles. The molecule has 2 nitrogen and oxygen atoms in total. The lowest BCUT2D eigenvalue weighted by atomic mass is 10.3. The van der Waals surface area contributed by atoms with Crippen LogP contribution in [0.3, 0.4) is 0 Å². The lowest BCUT2D eigenvalue weighted by Gasteiger charge is -2.08. The second kappa shape index (κ2) is 4.54. The van der Waals surface area contributed by atoms with Crippen molar-refractivity contribution in [2.75, 3.05) is 13.6 Å². The van der Waals surface area contributed by atoms with Crippen LogP contribution in [0.15, 0.2) is 41.1 Å². The van der Waals surface area contributed by atoms with Crippen molar-refractivity contribution in [2.45, 2.75) is 6.92 Å². The Morgan fingerprint density at radius 3 is 3.08 bits per heavy atom. The van der Waals surface area contributed by atoms with E-state index in [2.05, 4.69) is 11.1 Å². The van der Waals surface area contributed by atoms with Crippen LogP contribution >= 0.6 is 0 Å². The summed E-state index contributed by atoms with van der Waals surface area (Å²) in [6.45, 7) is 2.89. The molecule has 0 aromatic heterocycles. The summed E-state index contributed by atoms with van der Waals surface area (Å²) in [4.78, 5) is 6.31. The summed E-state index contributed by atoms with van der Waals surface area (Å²) in [6.07, 6.45) is 12.0. The topological polar surface area (TPSA) is 15.6 Å². The second-order valence-electron chi connectivity index (χ2n) is 2.68. The molecule has 1 aliphatic rings. The Hall–Kier alpha value is -1.31. The Bertz CT molecular complexity index is 247. The molecule has 0 bridgehead atoms. The van der Waals surface area contributed by atoms with Crippen molar-refractivity contribution >= 4 is 6.34 Å². The molecule has 0 fully saturated rings. The zero-order valence-corrected chi connectivity index (χ0v) is 7.57. The number of hydrogen-bond acceptors (Lipinski definition) is 2. The van der Waals surface area contributed by atoms with Crippen LogP contribution < -0.4 is 0 Å². The number of aliphatic imine (C=N–C) groups is 1. The zero-order chi connectivity index (χ0) is 8.81. The van der Waals surface area contributed by atoms with Crippen molar-refractivity contribution in [3.05, 3.63) is 36.1 Å². The van der Waals surface area contributed by atoms with Crippen molar-refractivity contribution < 1.29 is 0 Å². The van der Waals surface area contributed by atoms with Crippen molar-refractivity contribution in [3.63, 3.8) is 0 Å². The maximum Gasteiger partial charge on any atom is 0.0912 e. The minimum absolute atomic E-state index is 0.908. The van der Waals surface area contributed by atoms with Gasteiger partial charge in [-0.05, 0) is 13.0 Å². The van der Waals surface area contributed by atoms with E-state index in [0.29, 0.717) is 0 Å². The van der Waals surface area contributed by atoms with Gasteiger partial charge in [0.05, 0.1) is 12.0 Å². The fourth-order valence-corrected chi connectivity index (χ4v) is 0.886. The molecule has 0 atom stereocenters. The molecular formula is C10H14N2. The van der Waals surface area contributed by atoms with Gasteiger partial charge in [-0.25, -0.2) is 4.99 Å². The van der Waals surface area contributed by atoms with Crippen LogP contribution in [-0.2, 0) is 0 Å². The van der Waals surface area contributed by atoms with Crippen LogP contribution in [-0.4, -0.2) is 24.8 Å². The van der Waals surface area contributed by atoms with E-state index in [9.17, 15) is 0 Å². The summed E-state index contributed by atoms with van der Waals surface area (Å²) in [7, 11) is 2.01. The first-order valence-electron chi connectivity index (χ1n) is 4.07. The van der Waals surface area contributed by atoms with E-state index in [1.165, 1.54) is 0 Å². The van der Waals surface area contributed by atoms with Crippen LogP contribution in [0, 0.1) is 0 Å². The first-order chi connectivity index (χ1) is 5.83. The third kappa shape index (κ3) is 2.74. The van der Waals surface area contributed by atoms with Gasteiger partial charge in [-0.2, -0.15) is 0 Å². The van der Waals surface area contributed by atoms with E-state index in [0.717, 1.165) is 12.2 Å². The number of allylic oxidation sites excluding steroid dienone is 4. The van der Waals surface area contributed by atoms with E-state index in [-0.39, 0.29) is 0 Å². The molecule has 1 aliphatic heterocycles. The number of nitrogens with zero attached hydrogens (tertiary/aromatic N) is 2. The molecule has 0 aromatic rings. The molecule has 0 amide bonds. The van der Waals surface area contributed by atoms with Crippen LogP contribution in [0.2, 0.25) is 0 Å². The normalized spacial score (nSPS) is 28.8. The summed E-state index contributed by atoms with van der Waals surface area (Å²) < 4.78 is 0. The maximum atomic E-state index is 4.28. The fourth-order valence-electron chi connectivity index (χ4n) is 0.886. The first-order valence-corrected chi connectivity index (χ1v) is 4.07. The van der Waals surface area contributed by atoms with Gasteiger partial charge in [0.25, 0.3) is 0 Å². The molecule has 0 N–H and O–H groups in total. The molecule has 64 valence electrons. The number of rotatable bonds is 0. The van der Waals surface area contributed by atoms with E-state index in [4.69, 9.17) is 0 Å². The van der Waals surface area contributed by atoms with Crippen LogP contribution in [0.1, 0.15) is 6.92 Å². The van der Waals surface area contributed by atoms with Crippen LogP contribution in [0.5, 0.6) is 0 Å². The Morgan fingerprint density at radius 1 is 1.50 bits per heavy atom. The average molecular weight is 162 g/mol. The van der Waals surface area contributed by atoms with Crippen molar-refractivity contribution in [2.24, 2.45) is 4.99 Å². The van der Waals surface area contributed by atoms with Gasteiger partial charge in [-0.1, -0.05) is 24.3 Å². The van der Waals surface area contributed by atoms with Gasteiger partial charge in [0.2, 0.25) is 0 Å². The first kappa shape index (κ1) is 8.78. The van der Waals surface area contributed by atoms with Crippen molar-refractivity contribution in [1.82, 2.24) is 4.90 Å². The Balaban J connectivity index is 2.79. The highest BCUT2D eigenvalue weighted by Gasteiger charge is 1.89. The third-order valence-corrected chi connectivity index (χ3v) is 1.61. The standard InChI is InChI=1S/C10H14N2/c1-3-10-7-5-4-6-8-12(2)9-11-10/h3-7,9H,8H2,1-2H3/b6-4-,7-5+,10-3-,11-9-. The SMILES string of the molecule is C/C=C1/C=C/C=C\CN(C)\C=N/1. The summed E-state index contributed by atoms with van der Waals surface area (Å²) in [5.41, 5.74) is 0.994. The minimum atomic E-state index is 0.908. The molecule has 0 unspecified atom stereocenters. The predicted molar refractivity (Wildman–Crippen MR) is 53.2 cm³/mol. The summed E-state index contributed by atoms with van der Waals surface area (Å²) in [5.74, 6) is 0. The van der Waals surface area contributed by atoms with Crippen molar-refractivity contribution in [1.29, 1.82) is 0 Å². The highest BCUT2D eigenvalue weighted by molar-refractivity contribution is 5.57. The molecule has 0 spiro atoms. The predicted octanol–water partition coefficient (Wildman–Crippen LogP) is 1.98. The highest BCUT2D eigenvalue weighted by Crippen LogP contribution is 2.00. The second-order valence-corrected chi connectivity index (χ2v) is 2.68. The molecule has 0 radical (unpaired) electrons. The van der Waals surface area contributed by atoms with E-state index in [1.54, 1.807) is 0 Å². The van der Waals surface area contributed by atoms with Gasteiger partial charge in [0.15, 0.2) is 0 Å². The summed E-state index contributed by atoms with van der Waals surface area (Å²) in [6, 6.07) is 0.